The van der Waals surface area contributed by atoms with Crippen LogP contribution in [0.4, 0.5) is 0 Å². The standard InChI is InChI=1S/C24H24BrN5O.C8H18/c1-3-16-10-18-19(25)11-30(21(31)20(18)27-16)17-6-4-5-15(9-17)24(12-23(13-24)7-8-23)22-28-26-14-29(22)2;1-4-5-6-7-8(2)3/h4-6,9-11,14,27H,3,7-8,12-13H2,1-2H3;8H,4-7H2,1-3H3. The third-order valence-corrected chi connectivity index (χ3v) is 9.33. The zero-order valence-corrected chi connectivity index (χ0v) is 25.6. The van der Waals surface area contributed by atoms with Gasteiger partial charge < -0.3 is 9.55 Å². The molecule has 1 N–H and O–H groups in total. The van der Waals surface area contributed by atoms with Gasteiger partial charge in [0.25, 0.3) is 5.56 Å². The smallest absolute Gasteiger partial charge is 0.279 e. The minimum atomic E-state index is -0.134. The number of benzene rings is 1. The van der Waals surface area contributed by atoms with Gasteiger partial charge in [-0.25, -0.2) is 0 Å². The number of hydrogen-bond acceptors (Lipinski definition) is 3. The molecular formula is C32H42BrN5O. The van der Waals surface area contributed by atoms with Crippen molar-refractivity contribution in [1.29, 1.82) is 0 Å². The first-order chi connectivity index (χ1) is 18.7. The number of nitrogens with one attached hydrogen (secondary N) is 1. The average molecular weight is 593 g/mol. The van der Waals surface area contributed by atoms with Crippen LogP contribution in [0.2, 0.25) is 0 Å². The molecule has 0 unspecified atom stereocenters. The van der Waals surface area contributed by atoms with Gasteiger partial charge in [-0.1, -0.05) is 65.5 Å². The van der Waals surface area contributed by atoms with Gasteiger partial charge >= 0.3 is 0 Å². The Morgan fingerprint density at radius 1 is 1.13 bits per heavy atom. The van der Waals surface area contributed by atoms with Crippen molar-refractivity contribution in [3.8, 4) is 5.69 Å². The molecule has 39 heavy (non-hydrogen) atoms. The Kier molecular flexibility index (Phi) is 7.91. The molecule has 0 aliphatic heterocycles. The van der Waals surface area contributed by atoms with Crippen LogP contribution in [0.1, 0.15) is 96.1 Å². The van der Waals surface area contributed by atoms with E-state index >= 15 is 0 Å². The van der Waals surface area contributed by atoms with Crippen LogP contribution in [0.15, 0.2) is 52.1 Å². The summed E-state index contributed by atoms with van der Waals surface area (Å²) in [5, 5.41) is 9.59. The zero-order valence-electron chi connectivity index (χ0n) is 24.1. The predicted octanol–water partition coefficient (Wildman–Crippen LogP) is 7.86. The van der Waals surface area contributed by atoms with Crippen LogP contribution in [0.25, 0.3) is 16.6 Å². The van der Waals surface area contributed by atoms with Gasteiger partial charge in [0, 0.05) is 34.5 Å². The normalized spacial score (nSPS) is 16.8. The fourth-order valence-corrected chi connectivity index (χ4v) is 6.85. The molecule has 2 aliphatic rings. The fourth-order valence-electron chi connectivity index (χ4n) is 6.33. The molecule has 2 fully saturated rings. The number of halogens is 1. The van der Waals surface area contributed by atoms with Crippen LogP contribution < -0.4 is 5.56 Å². The molecular weight excluding hydrogens is 550 g/mol. The molecule has 0 saturated heterocycles. The van der Waals surface area contributed by atoms with Crippen molar-refractivity contribution in [2.24, 2.45) is 18.4 Å². The van der Waals surface area contributed by atoms with Crippen LogP contribution in [-0.2, 0) is 18.9 Å². The minimum Gasteiger partial charge on any atom is -0.354 e. The van der Waals surface area contributed by atoms with Gasteiger partial charge in [-0.3, -0.25) is 9.36 Å². The van der Waals surface area contributed by atoms with Crippen molar-refractivity contribution in [3.63, 3.8) is 0 Å². The van der Waals surface area contributed by atoms with Gasteiger partial charge in [0.15, 0.2) is 0 Å². The zero-order chi connectivity index (χ0) is 27.8. The maximum absolute atomic E-state index is 13.3. The quantitative estimate of drug-likeness (QED) is 0.212. The highest BCUT2D eigenvalue weighted by Crippen LogP contribution is 2.70. The third kappa shape index (κ3) is 5.39. The Hall–Kier alpha value is -2.67. The summed E-state index contributed by atoms with van der Waals surface area (Å²) in [6.07, 6.45) is 14.9. The van der Waals surface area contributed by atoms with Crippen molar-refractivity contribution >= 4 is 26.8 Å². The molecule has 2 saturated carbocycles. The third-order valence-electron chi connectivity index (χ3n) is 8.70. The Morgan fingerprint density at radius 3 is 2.51 bits per heavy atom. The summed E-state index contributed by atoms with van der Waals surface area (Å²) in [5.74, 6) is 1.92. The molecule has 0 atom stereocenters. The second-order valence-corrected chi connectivity index (χ2v) is 13.1. The number of aromatic nitrogens is 5. The molecule has 4 aromatic rings. The summed E-state index contributed by atoms with van der Waals surface area (Å²) in [7, 11) is 2.02. The molecule has 1 aromatic carbocycles. The molecule has 0 radical (unpaired) electrons. The Bertz CT molecular complexity index is 1500. The first-order valence-corrected chi connectivity index (χ1v) is 15.4. The van der Waals surface area contributed by atoms with E-state index in [0.29, 0.717) is 10.9 Å². The molecule has 7 heteroatoms. The van der Waals surface area contributed by atoms with Gasteiger partial charge in [-0.2, -0.15) is 0 Å². The molecule has 6 rings (SSSR count). The molecule has 0 amide bonds. The van der Waals surface area contributed by atoms with E-state index in [-0.39, 0.29) is 11.0 Å². The van der Waals surface area contributed by atoms with Crippen LogP contribution in [0.3, 0.4) is 0 Å². The number of fused-ring (bicyclic) bond motifs is 1. The van der Waals surface area contributed by atoms with E-state index in [2.05, 4.69) is 77.0 Å². The highest BCUT2D eigenvalue weighted by Gasteiger charge is 2.63. The molecule has 6 nitrogen and oxygen atoms in total. The molecule has 208 valence electrons. The second kappa shape index (κ2) is 11.1. The minimum absolute atomic E-state index is 0.0324. The SMILES string of the molecule is CCCCCC(C)C.CCc1cc2c(Br)cn(-c3cccc(C4(c5nncn5C)CC5(CC5)C4)c3)c(=O)c2[nH]1. The number of pyridine rings is 1. The lowest BCUT2D eigenvalue weighted by Crippen LogP contribution is -2.45. The Balaban J connectivity index is 0.000000339. The Labute approximate surface area is 240 Å². The predicted molar refractivity (Wildman–Crippen MR) is 163 cm³/mol. The lowest BCUT2D eigenvalue weighted by atomic mass is 9.56. The van der Waals surface area contributed by atoms with Gasteiger partial charge in [0.2, 0.25) is 0 Å². The highest BCUT2D eigenvalue weighted by molar-refractivity contribution is 9.10. The molecule has 0 bridgehead atoms. The maximum Gasteiger partial charge on any atom is 0.279 e. The van der Waals surface area contributed by atoms with E-state index in [4.69, 9.17) is 0 Å². The maximum atomic E-state index is 13.3. The number of rotatable bonds is 8. The van der Waals surface area contributed by atoms with E-state index in [1.54, 1.807) is 10.9 Å². The summed E-state index contributed by atoms with van der Waals surface area (Å²) in [5.41, 5.74) is 4.10. The molecule has 3 heterocycles. The van der Waals surface area contributed by atoms with E-state index in [1.807, 2.05) is 29.9 Å². The van der Waals surface area contributed by atoms with Crippen LogP contribution >= 0.6 is 15.9 Å². The van der Waals surface area contributed by atoms with Crippen molar-refractivity contribution in [2.45, 2.75) is 90.9 Å². The lowest BCUT2D eigenvalue weighted by Gasteiger charge is -2.48. The number of aromatic amines is 1. The van der Waals surface area contributed by atoms with E-state index in [0.717, 1.165) is 52.2 Å². The summed E-state index contributed by atoms with van der Waals surface area (Å²) in [6, 6.07) is 10.4. The largest absolute Gasteiger partial charge is 0.354 e. The molecule has 2 aliphatic carbocycles. The van der Waals surface area contributed by atoms with Gasteiger partial charge in [-0.15, -0.1) is 10.2 Å². The molecule has 3 aromatic heterocycles. The van der Waals surface area contributed by atoms with Crippen molar-refractivity contribution in [2.75, 3.05) is 0 Å². The summed E-state index contributed by atoms with van der Waals surface area (Å²) in [6.45, 7) is 8.91. The van der Waals surface area contributed by atoms with E-state index in [9.17, 15) is 4.79 Å². The van der Waals surface area contributed by atoms with Crippen molar-refractivity contribution in [1.82, 2.24) is 24.3 Å². The summed E-state index contributed by atoms with van der Waals surface area (Å²) >= 11 is 3.67. The van der Waals surface area contributed by atoms with E-state index in [1.165, 1.54) is 44.1 Å². The van der Waals surface area contributed by atoms with Crippen LogP contribution in [-0.4, -0.2) is 24.3 Å². The lowest BCUT2D eigenvalue weighted by molar-refractivity contribution is 0.145. The second-order valence-electron chi connectivity index (χ2n) is 12.2. The van der Waals surface area contributed by atoms with E-state index < -0.39 is 0 Å². The monoisotopic (exact) mass is 591 g/mol. The summed E-state index contributed by atoms with van der Waals surface area (Å²) < 4.78 is 4.69. The molecule has 1 spiro atoms. The van der Waals surface area contributed by atoms with Crippen LogP contribution in [0, 0.1) is 11.3 Å². The number of nitrogens with zero attached hydrogens (tertiary/aromatic N) is 4. The van der Waals surface area contributed by atoms with Crippen molar-refractivity contribution < 1.29 is 0 Å². The summed E-state index contributed by atoms with van der Waals surface area (Å²) in [4.78, 5) is 16.6. The number of unbranched alkanes of at least 4 members (excludes halogenated alkanes) is 2. The van der Waals surface area contributed by atoms with Gasteiger partial charge in [0.1, 0.15) is 17.7 Å². The Morgan fingerprint density at radius 2 is 1.90 bits per heavy atom. The fraction of sp³-hybridized carbons (Fsp3) is 0.531. The number of hydrogen-bond donors (Lipinski definition) is 1. The van der Waals surface area contributed by atoms with Crippen LogP contribution in [0.5, 0.6) is 0 Å². The highest BCUT2D eigenvalue weighted by atomic mass is 79.9. The van der Waals surface area contributed by atoms with Gasteiger partial charge in [-0.05, 0) is 83.1 Å². The van der Waals surface area contributed by atoms with Gasteiger partial charge in [0.05, 0.1) is 5.41 Å². The topological polar surface area (TPSA) is 68.5 Å². The number of H-pyrrole nitrogens is 1. The first kappa shape index (κ1) is 27.9. The number of aryl methyl sites for hydroxylation is 2. The van der Waals surface area contributed by atoms with Crippen molar-refractivity contribution in [3.05, 3.63) is 74.8 Å². The first-order valence-electron chi connectivity index (χ1n) is 14.6. The average Bonchev–Trinajstić information content (AvgIpc) is 3.35.